The topological polar surface area (TPSA) is 48.1 Å². The Hall–Kier alpha value is -1.87. The van der Waals surface area contributed by atoms with E-state index in [2.05, 4.69) is 18.8 Å². The summed E-state index contributed by atoms with van der Waals surface area (Å²) < 4.78 is 5.70. The van der Waals surface area contributed by atoms with Crippen molar-refractivity contribution < 1.29 is 4.74 Å². The zero-order chi connectivity index (χ0) is 13.1. The van der Waals surface area contributed by atoms with Crippen LogP contribution in [-0.4, -0.2) is 4.98 Å². The fourth-order valence-electron chi connectivity index (χ4n) is 1.62. The second-order valence-electron chi connectivity index (χ2n) is 4.57. The molecule has 0 spiro atoms. The molecule has 2 aromatic rings. The highest BCUT2D eigenvalue weighted by Gasteiger charge is 2.03. The van der Waals surface area contributed by atoms with Crippen LogP contribution in [0.15, 0.2) is 36.5 Å². The van der Waals surface area contributed by atoms with Crippen molar-refractivity contribution in [2.45, 2.75) is 26.8 Å². The minimum Gasteiger partial charge on any atom is -0.439 e. The maximum atomic E-state index is 5.77. The average molecular weight is 242 g/mol. The highest BCUT2D eigenvalue weighted by Crippen LogP contribution is 2.22. The summed E-state index contributed by atoms with van der Waals surface area (Å²) >= 11 is 0. The zero-order valence-corrected chi connectivity index (χ0v) is 11.0. The van der Waals surface area contributed by atoms with Gasteiger partial charge in [-0.05, 0) is 49.6 Å². The summed E-state index contributed by atoms with van der Waals surface area (Å²) in [4.78, 5) is 4.25. The van der Waals surface area contributed by atoms with Gasteiger partial charge < -0.3 is 10.5 Å². The average Bonchev–Trinajstić information content (AvgIpc) is 2.34. The third-order valence-electron chi connectivity index (χ3n) is 2.99. The smallest absolute Gasteiger partial charge is 0.219 e. The molecule has 3 heteroatoms. The summed E-state index contributed by atoms with van der Waals surface area (Å²) in [7, 11) is 0. The number of benzene rings is 1. The molecule has 94 valence electrons. The van der Waals surface area contributed by atoms with E-state index in [9.17, 15) is 0 Å². The highest BCUT2D eigenvalue weighted by atomic mass is 16.5. The number of pyridine rings is 1. The normalized spacial score (nSPS) is 12.2. The van der Waals surface area contributed by atoms with E-state index >= 15 is 0 Å². The first-order valence-corrected chi connectivity index (χ1v) is 6.03. The SMILES string of the molecule is Cc1ccc(Oc2ccc([C@H](C)N)cn2)cc1C. The Kier molecular flexibility index (Phi) is 3.63. The van der Waals surface area contributed by atoms with E-state index in [0.29, 0.717) is 5.88 Å². The fraction of sp³-hybridized carbons (Fsp3) is 0.267. The summed E-state index contributed by atoms with van der Waals surface area (Å²) in [6.45, 7) is 6.07. The van der Waals surface area contributed by atoms with Crippen molar-refractivity contribution in [2.24, 2.45) is 5.73 Å². The van der Waals surface area contributed by atoms with Gasteiger partial charge in [0, 0.05) is 18.3 Å². The zero-order valence-electron chi connectivity index (χ0n) is 11.0. The molecule has 1 heterocycles. The molecule has 1 aromatic heterocycles. The minimum atomic E-state index is -0.00632. The third-order valence-corrected chi connectivity index (χ3v) is 2.99. The van der Waals surface area contributed by atoms with E-state index in [0.717, 1.165) is 11.3 Å². The van der Waals surface area contributed by atoms with Gasteiger partial charge in [0.25, 0.3) is 0 Å². The highest BCUT2D eigenvalue weighted by molar-refractivity contribution is 5.36. The summed E-state index contributed by atoms with van der Waals surface area (Å²) in [6.07, 6.45) is 1.75. The Bertz CT molecular complexity index is 533. The molecule has 0 aliphatic rings. The van der Waals surface area contributed by atoms with Crippen molar-refractivity contribution in [2.75, 3.05) is 0 Å². The standard InChI is InChI=1S/C15H18N2O/c1-10-4-6-14(8-11(10)2)18-15-7-5-13(9-17-15)12(3)16/h4-9,12H,16H2,1-3H3/t12-/m0/s1. The Morgan fingerprint density at radius 3 is 2.44 bits per heavy atom. The molecule has 0 fully saturated rings. The molecular formula is C15H18N2O. The molecule has 0 bridgehead atoms. The quantitative estimate of drug-likeness (QED) is 0.896. The largest absolute Gasteiger partial charge is 0.439 e. The lowest BCUT2D eigenvalue weighted by atomic mass is 10.1. The first-order chi connectivity index (χ1) is 8.56. The Labute approximate surface area is 108 Å². The number of aryl methyl sites for hydroxylation is 2. The molecule has 0 unspecified atom stereocenters. The molecule has 2 rings (SSSR count). The number of rotatable bonds is 3. The van der Waals surface area contributed by atoms with E-state index in [1.165, 1.54) is 11.1 Å². The lowest BCUT2D eigenvalue weighted by Gasteiger charge is -2.09. The molecule has 18 heavy (non-hydrogen) atoms. The van der Waals surface area contributed by atoms with E-state index in [4.69, 9.17) is 10.5 Å². The molecule has 0 amide bonds. The monoisotopic (exact) mass is 242 g/mol. The Balaban J connectivity index is 2.15. The lowest BCUT2D eigenvalue weighted by Crippen LogP contribution is -2.05. The van der Waals surface area contributed by atoms with Crippen LogP contribution in [0.5, 0.6) is 11.6 Å². The first kappa shape index (κ1) is 12.6. The van der Waals surface area contributed by atoms with Crippen molar-refractivity contribution >= 4 is 0 Å². The van der Waals surface area contributed by atoms with Crippen molar-refractivity contribution in [1.29, 1.82) is 0 Å². The molecule has 3 nitrogen and oxygen atoms in total. The van der Waals surface area contributed by atoms with Gasteiger partial charge in [-0.3, -0.25) is 0 Å². The van der Waals surface area contributed by atoms with Crippen LogP contribution in [0, 0.1) is 13.8 Å². The number of hydrogen-bond acceptors (Lipinski definition) is 3. The van der Waals surface area contributed by atoms with E-state index in [1.807, 2.05) is 37.3 Å². The second kappa shape index (κ2) is 5.19. The Morgan fingerprint density at radius 1 is 1.11 bits per heavy atom. The van der Waals surface area contributed by atoms with Gasteiger partial charge in [-0.15, -0.1) is 0 Å². The lowest BCUT2D eigenvalue weighted by molar-refractivity contribution is 0.461. The van der Waals surface area contributed by atoms with Crippen LogP contribution in [0.4, 0.5) is 0 Å². The molecular weight excluding hydrogens is 224 g/mol. The molecule has 0 saturated heterocycles. The molecule has 0 radical (unpaired) electrons. The van der Waals surface area contributed by atoms with Crippen LogP contribution in [-0.2, 0) is 0 Å². The molecule has 2 N–H and O–H groups in total. The van der Waals surface area contributed by atoms with Crippen molar-refractivity contribution in [1.82, 2.24) is 4.98 Å². The minimum absolute atomic E-state index is 0.00632. The van der Waals surface area contributed by atoms with Crippen molar-refractivity contribution in [3.05, 3.63) is 53.2 Å². The molecule has 1 atom stereocenters. The van der Waals surface area contributed by atoms with E-state index in [-0.39, 0.29) is 6.04 Å². The van der Waals surface area contributed by atoms with Gasteiger partial charge in [-0.2, -0.15) is 0 Å². The Morgan fingerprint density at radius 2 is 1.89 bits per heavy atom. The second-order valence-corrected chi connectivity index (χ2v) is 4.57. The van der Waals surface area contributed by atoms with Crippen molar-refractivity contribution in [3.63, 3.8) is 0 Å². The van der Waals surface area contributed by atoms with Gasteiger partial charge in [0.05, 0.1) is 0 Å². The van der Waals surface area contributed by atoms with Gasteiger partial charge in [0.1, 0.15) is 5.75 Å². The third kappa shape index (κ3) is 2.87. The number of nitrogens with zero attached hydrogens (tertiary/aromatic N) is 1. The van der Waals surface area contributed by atoms with Crippen LogP contribution in [0.1, 0.15) is 29.7 Å². The summed E-state index contributed by atoms with van der Waals surface area (Å²) in [5, 5.41) is 0. The number of ether oxygens (including phenoxy) is 1. The maximum Gasteiger partial charge on any atom is 0.219 e. The van der Waals surface area contributed by atoms with Gasteiger partial charge in [0.15, 0.2) is 0 Å². The number of hydrogen-bond donors (Lipinski definition) is 1. The summed E-state index contributed by atoms with van der Waals surface area (Å²) in [5.74, 6) is 1.39. The molecule has 1 aromatic carbocycles. The summed E-state index contributed by atoms with van der Waals surface area (Å²) in [6, 6.07) is 9.77. The molecule has 0 aliphatic heterocycles. The number of aromatic nitrogens is 1. The van der Waals surface area contributed by atoms with Gasteiger partial charge in [-0.25, -0.2) is 4.98 Å². The van der Waals surface area contributed by atoms with Gasteiger partial charge >= 0.3 is 0 Å². The number of nitrogens with two attached hydrogens (primary N) is 1. The van der Waals surface area contributed by atoms with Crippen LogP contribution in [0.2, 0.25) is 0 Å². The van der Waals surface area contributed by atoms with Crippen LogP contribution in [0.25, 0.3) is 0 Å². The fourth-order valence-corrected chi connectivity index (χ4v) is 1.62. The predicted octanol–water partition coefficient (Wildman–Crippen LogP) is 3.51. The summed E-state index contributed by atoms with van der Waals surface area (Å²) in [5.41, 5.74) is 9.23. The molecule has 0 aliphatic carbocycles. The van der Waals surface area contributed by atoms with Crippen LogP contribution < -0.4 is 10.5 Å². The van der Waals surface area contributed by atoms with Gasteiger partial charge in [-0.1, -0.05) is 12.1 Å². The van der Waals surface area contributed by atoms with Crippen molar-refractivity contribution in [3.8, 4) is 11.6 Å². The van der Waals surface area contributed by atoms with Crippen LogP contribution in [0.3, 0.4) is 0 Å². The molecule has 0 saturated carbocycles. The first-order valence-electron chi connectivity index (χ1n) is 6.03. The van der Waals surface area contributed by atoms with Crippen LogP contribution >= 0.6 is 0 Å². The van der Waals surface area contributed by atoms with E-state index in [1.54, 1.807) is 6.20 Å². The maximum absolute atomic E-state index is 5.77. The van der Waals surface area contributed by atoms with E-state index < -0.39 is 0 Å². The predicted molar refractivity (Wildman–Crippen MR) is 72.8 cm³/mol. The van der Waals surface area contributed by atoms with Gasteiger partial charge in [0.2, 0.25) is 5.88 Å².